The molecule has 50 heavy (non-hydrogen) atoms. The van der Waals surface area contributed by atoms with E-state index in [1.54, 1.807) is 42.5 Å². The number of nitrogens with zero attached hydrogens (tertiary/aromatic N) is 4. The minimum atomic E-state index is -0.893. The third-order valence-corrected chi connectivity index (χ3v) is 9.71. The highest BCUT2D eigenvalue weighted by Crippen LogP contribution is 2.36. The van der Waals surface area contributed by atoms with E-state index in [2.05, 4.69) is 9.88 Å². The van der Waals surface area contributed by atoms with Gasteiger partial charge in [-0.2, -0.15) is 4.73 Å². The predicted molar refractivity (Wildman–Crippen MR) is 183 cm³/mol. The molecule has 1 amide bonds. The standard InChI is InChI=1S/C36H35Cl2FN4O7/c1-47-30-8-7-25(15-32(30)48-2)31(17-27-28(37)19-42(46)20-29(27)38)49-35(44)24-5-3-22(4-6-24)18-43(34-16-26(39)9-12-40-34)36(45)50-33-21-41-13-10-23(33)11-14-41/h3-9,12,15-16,19-20,23,31,33H,10-11,13-14,17-18,21H2,1-2H3/t31?,33-/m0/s1. The number of rotatable bonds is 11. The number of carbonyl (C=O) groups is 2. The zero-order chi connectivity index (χ0) is 35.4. The summed E-state index contributed by atoms with van der Waals surface area (Å²) in [7, 11) is 3.00. The van der Waals surface area contributed by atoms with Gasteiger partial charge in [0.15, 0.2) is 23.9 Å². The van der Waals surface area contributed by atoms with Gasteiger partial charge in [0.1, 0.15) is 33.9 Å². The average Bonchev–Trinajstić information content (AvgIpc) is 3.11. The Balaban J connectivity index is 1.22. The highest BCUT2D eigenvalue weighted by molar-refractivity contribution is 6.35. The van der Waals surface area contributed by atoms with Crippen molar-refractivity contribution in [3.05, 3.63) is 117 Å². The Kier molecular flexibility index (Phi) is 10.9. The highest BCUT2D eigenvalue weighted by atomic mass is 35.5. The molecule has 0 spiro atoms. The Morgan fingerprint density at radius 1 is 1.02 bits per heavy atom. The number of esters is 1. The number of amides is 1. The van der Waals surface area contributed by atoms with Crippen LogP contribution in [-0.2, 0) is 22.4 Å². The van der Waals surface area contributed by atoms with Crippen LogP contribution in [-0.4, -0.2) is 61.9 Å². The van der Waals surface area contributed by atoms with Crippen LogP contribution in [0.2, 0.25) is 10.0 Å². The van der Waals surface area contributed by atoms with Gasteiger partial charge in [0.25, 0.3) is 0 Å². The van der Waals surface area contributed by atoms with Crippen LogP contribution in [0.3, 0.4) is 0 Å². The van der Waals surface area contributed by atoms with Gasteiger partial charge in [-0.05, 0) is 73.3 Å². The van der Waals surface area contributed by atoms with Gasteiger partial charge in [-0.1, -0.05) is 41.4 Å². The van der Waals surface area contributed by atoms with E-state index in [9.17, 15) is 19.2 Å². The molecule has 3 aliphatic heterocycles. The third-order valence-electron chi connectivity index (χ3n) is 9.06. The fourth-order valence-electron chi connectivity index (χ4n) is 6.34. The van der Waals surface area contributed by atoms with Gasteiger partial charge >= 0.3 is 12.1 Å². The lowest BCUT2D eigenvalue weighted by atomic mass is 9.86. The number of halogens is 3. The van der Waals surface area contributed by atoms with E-state index in [1.807, 2.05) is 0 Å². The van der Waals surface area contributed by atoms with Gasteiger partial charge in [-0.25, -0.2) is 19.0 Å². The molecule has 0 aliphatic carbocycles. The van der Waals surface area contributed by atoms with Crippen LogP contribution in [0.4, 0.5) is 15.0 Å². The molecule has 3 fully saturated rings. The predicted octanol–water partition coefficient (Wildman–Crippen LogP) is 6.56. The highest BCUT2D eigenvalue weighted by Gasteiger charge is 2.37. The Hall–Kier alpha value is -4.65. The van der Waals surface area contributed by atoms with Crippen molar-refractivity contribution in [3.8, 4) is 11.5 Å². The summed E-state index contributed by atoms with van der Waals surface area (Å²) in [6, 6.07) is 14.0. The van der Waals surface area contributed by atoms with E-state index in [4.69, 9.17) is 42.1 Å². The van der Waals surface area contributed by atoms with Crippen molar-refractivity contribution in [1.29, 1.82) is 0 Å². The maximum atomic E-state index is 14.2. The number of carbonyl (C=O) groups excluding carboxylic acids is 2. The zero-order valence-corrected chi connectivity index (χ0v) is 28.9. The molecule has 4 aromatic rings. The summed E-state index contributed by atoms with van der Waals surface area (Å²) in [6.07, 6.45) is 3.85. The minimum Gasteiger partial charge on any atom is -0.619 e. The second kappa shape index (κ2) is 15.5. The average molecular weight is 726 g/mol. The number of methoxy groups -OCH3 is 2. The minimum absolute atomic E-state index is 0.0186. The van der Waals surface area contributed by atoms with E-state index in [1.165, 1.54) is 49.8 Å². The van der Waals surface area contributed by atoms with E-state index in [-0.39, 0.29) is 46.4 Å². The number of anilines is 1. The molecule has 2 bridgehead atoms. The molecule has 262 valence electrons. The van der Waals surface area contributed by atoms with Crippen LogP contribution in [0.1, 0.15) is 46.0 Å². The molecule has 7 rings (SSSR count). The van der Waals surface area contributed by atoms with E-state index >= 15 is 0 Å². The quantitative estimate of drug-likeness (QED) is 0.0964. The number of pyridine rings is 2. The monoisotopic (exact) mass is 724 g/mol. The van der Waals surface area contributed by atoms with Gasteiger partial charge in [0, 0.05) is 30.8 Å². The second-order valence-electron chi connectivity index (χ2n) is 12.2. The summed E-state index contributed by atoms with van der Waals surface area (Å²) >= 11 is 12.8. The third kappa shape index (κ3) is 8.04. The maximum Gasteiger partial charge on any atom is 0.416 e. The maximum absolute atomic E-state index is 14.2. The summed E-state index contributed by atoms with van der Waals surface area (Å²) < 4.78 is 37.5. The zero-order valence-electron chi connectivity index (χ0n) is 27.4. The molecule has 11 nitrogen and oxygen atoms in total. The van der Waals surface area contributed by atoms with Gasteiger partial charge in [0.2, 0.25) is 0 Å². The number of fused-ring (bicyclic) bond motifs is 3. The molecule has 3 aliphatic rings. The van der Waals surface area contributed by atoms with Gasteiger partial charge < -0.3 is 24.2 Å². The van der Waals surface area contributed by atoms with Crippen LogP contribution in [0.5, 0.6) is 11.5 Å². The molecule has 5 heterocycles. The van der Waals surface area contributed by atoms with Crippen LogP contribution in [0.25, 0.3) is 0 Å². The summed E-state index contributed by atoms with van der Waals surface area (Å²) in [6.45, 7) is 2.67. The number of benzene rings is 2. The van der Waals surface area contributed by atoms with Crippen molar-refractivity contribution in [1.82, 2.24) is 9.88 Å². The Bertz CT molecular complexity index is 1830. The molecule has 2 aromatic heterocycles. The first-order chi connectivity index (χ1) is 24.1. The molecule has 0 saturated carbocycles. The van der Waals surface area contributed by atoms with E-state index < -0.39 is 24.0 Å². The van der Waals surface area contributed by atoms with Crippen molar-refractivity contribution < 1.29 is 37.7 Å². The Morgan fingerprint density at radius 3 is 2.34 bits per heavy atom. The van der Waals surface area contributed by atoms with Crippen molar-refractivity contribution >= 4 is 41.1 Å². The lowest BCUT2D eigenvalue weighted by Gasteiger charge is -2.44. The van der Waals surface area contributed by atoms with Crippen LogP contribution >= 0.6 is 23.2 Å². The topological polar surface area (TPSA) is 117 Å². The molecule has 0 N–H and O–H groups in total. The number of aromatic nitrogens is 2. The number of hydrogen-bond donors (Lipinski definition) is 0. The van der Waals surface area contributed by atoms with Gasteiger partial charge in [-0.3, -0.25) is 9.80 Å². The van der Waals surface area contributed by atoms with Crippen molar-refractivity contribution in [3.63, 3.8) is 0 Å². The largest absolute Gasteiger partial charge is 0.619 e. The molecule has 0 radical (unpaired) electrons. The molecule has 14 heteroatoms. The number of hydrogen-bond acceptors (Lipinski definition) is 9. The smallest absolute Gasteiger partial charge is 0.416 e. The van der Waals surface area contributed by atoms with E-state index in [0.29, 0.717) is 39.5 Å². The summed E-state index contributed by atoms with van der Waals surface area (Å²) in [5.74, 6) is 0.110. The fourth-order valence-corrected chi connectivity index (χ4v) is 6.93. The Morgan fingerprint density at radius 2 is 1.72 bits per heavy atom. The first-order valence-corrected chi connectivity index (χ1v) is 16.8. The second-order valence-corrected chi connectivity index (χ2v) is 13.0. The van der Waals surface area contributed by atoms with Crippen LogP contribution in [0.15, 0.2) is 73.2 Å². The van der Waals surface area contributed by atoms with Crippen LogP contribution < -0.4 is 19.1 Å². The molecule has 2 aromatic carbocycles. The van der Waals surface area contributed by atoms with Crippen LogP contribution in [0, 0.1) is 16.9 Å². The molecular weight excluding hydrogens is 690 g/mol. The first-order valence-electron chi connectivity index (χ1n) is 16.0. The normalized spacial score (nSPS) is 18.6. The SMILES string of the molecule is COc1ccc(C(Cc2c(Cl)c[n+]([O-])cc2Cl)OC(=O)c2ccc(CN(C(=O)O[C@H]3CN4CCC3CC4)c3cc(F)ccn3)cc2)cc1OC. The molecule has 1 unspecified atom stereocenters. The lowest BCUT2D eigenvalue weighted by molar-refractivity contribution is -0.605. The number of ether oxygens (including phenoxy) is 4. The Labute approximate surface area is 298 Å². The van der Waals surface area contributed by atoms with Crippen molar-refractivity contribution in [2.24, 2.45) is 5.92 Å². The molecule has 3 saturated heterocycles. The number of piperidine rings is 3. The molecular formula is C36H35Cl2FN4O7. The van der Waals surface area contributed by atoms with E-state index in [0.717, 1.165) is 25.9 Å². The van der Waals surface area contributed by atoms with Gasteiger partial charge in [0.05, 0.1) is 26.3 Å². The van der Waals surface area contributed by atoms with Gasteiger partial charge in [-0.15, -0.1) is 0 Å². The summed E-state index contributed by atoms with van der Waals surface area (Å²) in [5, 5.41) is 12.1. The molecule has 2 atom stereocenters. The summed E-state index contributed by atoms with van der Waals surface area (Å²) in [5.41, 5.74) is 1.86. The first kappa shape index (κ1) is 35.2. The summed E-state index contributed by atoms with van der Waals surface area (Å²) in [4.78, 5) is 34.9. The fraction of sp³-hybridized carbons (Fsp3) is 0.333. The van der Waals surface area contributed by atoms with Crippen molar-refractivity contribution in [2.45, 2.75) is 38.0 Å². The lowest BCUT2D eigenvalue weighted by Crippen LogP contribution is -2.53. The van der Waals surface area contributed by atoms with Crippen molar-refractivity contribution in [2.75, 3.05) is 38.8 Å².